The number of carbonyl (C=O) groups excluding carboxylic acids is 2. The van der Waals surface area contributed by atoms with Gasteiger partial charge in [0.25, 0.3) is 0 Å². The van der Waals surface area contributed by atoms with Crippen LogP contribution < -0.4 is 5.73 Å². The van der Waals surface area contributed by atoms with Crippen LogP contribution in [-0.4, -0.2) is 66.4 Å². The molecular formula is C17H24N8O2. The van der Waals surface area contributed by atoms with Crippen LogP contribution in [-0.2, 0) is 28.0 Å². The molecule has 4 rings (SSSR count). The summed E-state index contributed by atoms with van der Waals surface area (Å²) < 4.78 is 0. The summed E-state index contributed by atoms with van der Waals surface area (Å²) in [4.78, 5) is 40.4. The summed E-state index contributed by atoms with van der Waals surface area (Å²) in [7, 11) is 0. The standard InChI is InChI=1S/C17H24N8O2/c1-11(26)25-7-4-12-15(20-10-19-12)17(25)5-8-24(9-6-17)14(27)3-2-13-21-16(18)23-22-13/h10H,2-9H2,1H3,(H,19,20)(H3,18,21,22,23). The predicted molar refractivity (Wildman–Crippen MR) is 96.3 cm³/mol. The number of H-pyrrole nitrogens is 2. The Bertz CT molecular complexity index is 849. The molecule has 0 unspecified atom stereocenters. The van der Waals surface area contributed by atoms with Crippen LogP contribution in [0.3, 0.4) is 0 Å². The van der Waals surface area contributed by atoms with E-state index in [0.717, 1.165) is 17.8 Å². The molecule has 1 fully saturated rings. The number of fused-ring (bicyclic) bond motifs is 2. The molecule has 0 radical (unpaired) electrons. The summed E-state index contributed by atoms with van der Waals surface area (Å²) in [6.45, 7) is 3.51. The van der Waals surface area contributed by atoms with Crippen molar-refractivity contribution in [2.24, 2.45) is 0 Å². The van der Waals surface area contributed by atoms with Crippen molar-refractivity contribution in [1.29, 1.82) is 0 Å². The molecule has 2 aliphatic heterocycles. The maximum atomic E-state index is 12.6. The summed E-state index contributed by atoms with van der Waals surface area (Å²) >= 11 is 0. The zero-order valence-corrected chi connectivity index (χ0v) is 15.4. The van der Waals surface area contributed by atoms with Gasteiger partial charge in [0.05, 0.1) is 17.6 Å². The summed E-state index contributed by atoms with van der Waals surface area (Å²) in [5.74, 6) is 0.943. The summed E-state index contributed by atoms with van der Waals surface area (Å²) in [6.07, 6.45) is 4.73. The molecule has 2 aromatic rings. The molecule has 4 heterocycles. The van der Waals surface area contributed by atoms with Gasteiger partial charge in [0.2, 0.25) is 17.8 Å². The van der Waals surface area contributed by atoms with Gasteiger partial charge < -0.3 is 20.5 Å². The van der Waals surface area contributed by atoms with E-state index in [0.29, 0.717) is 51.1 Å². The Balaban J connectivity index is 1.44. The van der Waals surface area contributed by atoms with Gasteiger partial charge in [-0.1, -0.05) is 0 Å². The third kappa shape index (κ3) is 3.04. The highest BCUT2D eigenvalue weighted by Gasteiger charge is 2.48. The SMILES string of the molecule is CC(=O)N1CCc2[nH]cnc2C12CCN(C(=O)CCc1nc(N)n[nH]1)CC2. The number of piperidine rings is 1. The Morgan fingerprint density at radius 3 is 2.74 bits per heavy atom. The van der Waals surface area contributed by atoms with Gasteiger partial charge in [0.1, 0.15) is 5.82 Å². The van der Waals surface area contributed by atoms with Crippen molar-refractivity contribution in [3.8, 4) is 0 Å². The number of aryl methyl sites for hydroxylation is 1. The average molecular weight is 372 g/mol. The highest BCUT2D eigenvalue weighted by molar-refractivity contribution is 5.77. The molecule has 2 aliphatic rings. The summed E-state index contributed by atoms with van der Waals surface area (Å²) in [6, 6.07) is 0. The number of carbonyl (C=O) groups is 2. The van der Waals surface area contributed by atoms with Crippen LogP contribution in [0.25, 0.3) is 0 Å². The van der Waals surface area contributed by atoms with Gasteiger partial charge in [0.15, 0.2) is 0 Å². The van der Waals surface area contributed by atoms with Gasteiger partial charge in [-0.2, -0.15) is 4.98 Å². The minimum atomic E-state index is -0.407. The molecular weight excluding hydrogens is 348 g/mol. The predicted octanol–water partition coefficient (Wildman–Crippen LogP) is -0.0349. The van der Waals surface area contributed by atoms with Gasteiger partial charge in [0, 0.05) is 51.5 Å². The van der Waals surface area contributed by atoms with Crippen LogP contribution in [0, 0.1) is 0 Å². The first-order valence-electron chi connectivity index (χ1n) is 9.25. The highest BCUT2D eigenvalue weighted by Crippen LogP contribution is 2.42. The first-order valence-corrected chi connectivity index (χ1v) is 9.25. The molecule has 4 N–H and O–H groups in total. The zero-order valence-electron chi connectivity index (χ0n) is 15.4. The fourth-order valence-electron chi connectivity index (χ4n) is 4.37. The molecule has 0 aromatic carbocycles. The Labute approximate surface area is 156 Å². The molecule has 144 valence electrons. The quantitative estimate of drug-likeness (QED) is 0.692. The van der Waals surface area contributed by atoms with Crippen LogP contribution in [0.2, 0.25) is 0 Å². The number of nitrogen functional groups attached to an aromatic ring is 1. The fraction of sp³-hybridized carbons (Fsp3) is 0.588. The fourth-order valence-corrected chi connectivity index (χ4v) is 4.37. The van der Waals surface area contributed by atoms with Crippen molar-refractivity contribution >= 4 is 17.8 Å². The number of likely N-dealkylation sites (tertiary alicyclic amines) is 1. The average Bonchev–Trinajstić information content (AvgIpc) is 3.29. The molecule has 10 nitrogen and oxygen atoms in total. The number of imidazole rings is 1. The molecule has 0 saturated carbocycles. The Hall–Kier alpha value is -2.91. The number of amides is 2. The maximum Gasteiger partial charge on any atom is 0.239 e. The van der Waals surface area contributed by atoms with Crippen LogP contribution in [0.5, 0.6) is 0 Å². The number of nitrogens with one attached hydrogen (secondary N) is 2. The van der Waals surface area contributed by atoms with Crippen LogP contribution in [0.1, 0.15) is 43.4 Å². The van der Waals surface area contributed by atoms with E-state index in [9.17, 15) is 9.59 Å². The lowest BCUT2D eigenvalue weighted by molar-refractivity contribution is -0.142. The molecule has 2 amide bonds. The largest absolute Gasteiger partial charge is 0.367 e. The molecule has 0 atom stereocenters. The van der Waals surface area contributed by atoms with Crippen molar-refractivity contribution in [1.82, 2.24) is 34.9 Å². The molecule has 2 aromatic heterocycles. The second-order valence-corrected chi connectivity index (χ2v) is 7.20. The Morgan fingerprint density at radius 2 is 2.07 bits per heavy atom. The van der Waals surface area contributed by atoms with E-state index in [1.54, 1.807) is 13.3 Å². The normalized spacial score (nSPS) is 18.6. The number of nitrogens with two attached hydrogens (primary N) is 1. The second-order valence-electron chi connectivity index (χ2n) is 7.20. The number of anilines is 1. The number of hydrogen-bond acceptors (Lipinski definition) is 6. The van der Waals surface area contributed by atoms with Gasteiger partial charge in [-0.15, -0.1) is 5.10 Å². The van der Waals surface area contributed by atoms with Crippen molar-refractivity contribution < 1.29 is 9.59 Å². The molecule has 10 heteroatoms. The van der Waals surface area contributed by atoms with Crippen LogP contribution in [0.4, 0.5) is 5.95 Å². The second kappa shape index (κ2) is 6.67. The van der Waals surface area contributed by atoms with Crippen LogP contribution >= 0.6 is 0 Å². The van der Waals surface area contributed by atoms with Gasteiger partial charge in [-0.05, 0) is 12.8 Å². The number of aromatic nitrogens is 5. The summed E-state index contributed by atoms with van der Waals surface area (Å²) in [5, 5.41) is 6.50. The third-order valence-electron chi connectivity index (χ3n) is 5.71. The van der Waals surface area contributed by atoms with E-state index in [-0.39, 0.29) is 17.8 Å². The minimum absolute atomic E-state index is 0.0614. The minimum Gasteiger partial charge on any atom is -0.367 e. The van der Waals surface area contributed by atoms with E-state index < -0.39 is 5.54 Å². The molecule has 0 bridgehead atoms. The molecule has 0 aliphatic carbocycles. The zero-order chi connectivity index (χ0) is 19.0. The third-order valence-corrected chi connectivity index (χ3v) is 5.71. The molecule has 1 saturated heterocycles. The topological polar surface area (TPSA) is 137 Å². The highest BCUT2D eigenvalue weighted by atomic mass is 16.2. The lowest BCUT2D eigenvalue weighted by atomic mass is 9.78. The van der Waals surface area contributed by atoms with Gasteiger partial charge in [-0.3, -0.25) is 14.7 Å². The number of nitrogens with zero attached hydrogens (tertiary/aromatic N) is 5. The smallest absolute Gasteiger partial charge is 0.239 e. The maximum absolute atomic E-state index is 12.6. The number of rotatable bonds is 3. The van der Waals surface area contributed by atoms with E-state index in [1.807, 2.05) is 9.80 Å². The lowest BCUT2D eigenvalue weighted by Crippen LogP contribution is -2.58. The number of aromatic amines is 2. The monoisotopic (exact) mass is 372 g/mol. The van der Waals surface area contributed by atoms with Crippen molar-refractivity contribution in [2.75, 3.05) is 25.4 Å². The van der Waals surface area contributed by atoms with Crippen molar-refractivity contribution in [2.45, 2.75) is 44.6 Å². The van der Waals surface area contributed by atoms with Crippen molar-refractivity contribution in [3.63, 3.8) is 0 Å². The molecule has 27 heavy (non-hydrogen) atoms. The first kappa shape index (κ1) is 17.5. The Morgan fingerprint density at radius 1 is 1.30 bits per heavy atom. The Kier molecular flexibility index (Phi) is 4.33. The van der Waals surface area contributed by atoms with Crippen molar-refractivity contribution in [3.05, 3.63) is 23.5 Å². The summed E-state index contributed by atoms with van der Waals surface area (Å²) in [5.41, 5.74) is 7.15. The lowest BCUT2D eigenvalue weighted by Gasteiger charge is -2.50. The van der Waals surface area contributed by atoms with E-state index in [2.05, 4.69) is 25.1 Å². The van der Waals surface area contributed by atoms with E-state index in [1.165, 1.54) is 0 Å². The first-order chi connectivity index (χ1) is 13.0. The van der Waals surface area contributed by atoms with E-state index in [4.69, 9.17) is 5.73 Å². The van der Waals surface area contributed by atoms with Crippen LogP contribution in [0.15, 0.2) is 6.33 Å². The van der Waals surface area contributed by atoms with Gasteiger partial charge >= 0.3 is 0 Å². The molecule has 1 spiro atoms. The number of hydrogen-bond donors (Lipinski definition) is 3. The van der Waals surface area contributed by atoms with Gasteiger partial charge in [-0.25, -0.2) is 4.98 Å². The van der Waals surface area contributed by atoms with E-state index >= 15 is 0 Å².